The second-order valence-corrected chi connectivity index (χ2v) is 3.25. The summed E-state index contributed by atoms with van der Waals surface area (Å²) in [5, 5.41) is 0. The molecule has 2 rings (SSSR count). The van der Waals surface area contributed by atoms with Crippen molar-refractivity contribution in [2.75, 3.05) is 0 Å². The summed E-state index contributed by atoms with van der Waals surface area (Å²) in [4.78, 5) is 3.74. The molecule has 0 radical (unpaired) electrons. The van der Waals surface area contributed by atoms with Gasteiger partial charge in [0.15, 0.2) is 0 Å². The summed E-state index contributed by atoms with van der Waals surface area (Å²) in [6.45, 7) is 0. The molecule has 1 aromatic heterocycles. The van der Waals surface area contributed by atoms with E-state index >= 15 is 0 Å². The van der Waals surface area contributed by atoms with Crippen LogP contribution >= 0.6 is 24.8 Å². The highest BCUT2D eigenvalue weighted by molar-refractivity contribution is 5.85. The summed E-state index contributed by atoms with van der Waals surface area (Å²) < 4.78 is 12.6. The molecule has 0 bridgehead atoms. The smallest absolute Gasteiger partial charge is 0.213 e. The monoisotopic (exact) mass is 238 g/mol. The Morgan fingerprint density at radius 2 is 2.00 bits per heavy atom. The summed E-state index contributed by atoms with van der Waals surface area (Å²) in [6, 6.07) is 4.70. The normalized spacial score (nSPS) is 16.4. The lowest BCUT2D eigenvalue weighted by molar-refractivity contribution is 0.548. The van der Waals surface area contributed by atoms with Crippen LogP contribution in [0.25, 0.3) is 0 Å². The van der Waals surface area contributed by atoms with E-state index in [0.717, 1.165) is 12.8 Å². The zero-order chi connectivity index (χ0) is 8.55. The van der Waals surface area contributed by atoms with Crippen molar-refractivity contribution in [3.05, 3.63) is 29.8 Å². The molecule has 1 heterocycles. The van der Waals surface area contributed by atoms with Gasteiger partial charge in [-0.3, -0.25) is 0 Å². The van der Waals surface area contributed by atoms with Crippen molar-refractivity contribution in [2.24, 2.45) is 11.7 Å². The minimum Gasteiger partial charge on any atom is -0.322 e. The van der Waals surface area contributed by atoms with Crippen molar-refractivity contribution in [2.45, 2.75) is 18.9 Å². The number of hydrogen-bond acceptors (Lipinski definition) is 2. The van der Waals surface area contributed by atoms with Crippen molar-refractivity contribution in [1.82, 2.24) is 4.98 Å². The molecule has 5 heteroatoms. The Balaban J connectivity index is 0.000000845. The molecule has 1 fully saturated rings. The number of pyridine rings is 1. The molecule has 80 valence electrons. The van der Waals surface area contributed by atoms with E-state index in [2.05, 4.69) is 4.98 Å². The van der Waals surface area contributed by atoms with Crippen LogP contribution in [0.4, 0.5) is 4.39 Å². The molecule has 2 N–H and O–H groups in total. The summed E-state index contributed by atoms with van der Waals surface area (Å²) >= 11 is 0. The number of rotatable bonds is 2. The Labute approximate surface area is 94.9 Å². The molecule has 0 aliphatic heterocycles. The van der Waals surface area contributed by atoms with E-state index in [-0.39, 0.29) is 30.9 Å². The van der Waals surface area contributed by atoms with E-state index in [9.17, 15) is 4.39 Å². The van der Waals surface area contributed by atoms with Gasteiger partial charge in [-0.2, -0.15) is 4.39 Å². The summed E-state index contributed by atoms with van der Waals surface area (Å²) in [7, 11) is 0. The lowest BCUT2D eigenvalue weighted by atomic mass is 10.1. The molecule has 14 heavy (non-hydrogen) atoms. The van der Waals surface area contributed by atoms with Gasteiger partial charge < -0.3 is 5.73 Å². The fourth-order valence-electron chi connectivity index (χ4n) is 1.31. The number of nitrogens with two attached hydrogens (primary N) is 1. The van der Waals surface area contributed by atoms with E-state index in [1.807, 2.05) is 0 Å². The Morgan fingerprint density at radius 3 is 2.50 bits per heavy atom. The first-order chi connectivity index (χ1) is 5.77. The van der Waals surface area contributed by atoms with E-state index in [4.69, 9.17) is 5.73 Å². The largest absolute Gasteiger partial charge is 0.322 e. The van der Waals surface area contributed by atoms with Crippen LogP contribution in [-0.4, -0.2) is 4.98 Å². The van der Waals surface area contributed by atoms with Gasteiger partial charge in [0, 0.05) is 6.04 Å². The minimum atomic E-state index is -0.441. The van der Waals surface area contributed by atoms with Crippen LogP contribution in [0.3, 0.4) is 0 Å². The quantitative estimate of drug-likeness (QED) is 0.805. The van der Waals surface area contributed by atoms with Crippen LogP contribution in [0, 0.1) is 11.9 Å². The molecule has 1 unspecified atom stereocenters. The van der Waals surface area contributed by atoms with Crippen LogP contribution in [0.5, 0.6) is 0 Å². The maximum atomic E-state index is 12.6. The van der Waals surface area contributed by atoms with Gasteiger partial charge in [0.05, 0.1) is 5.69 Å². The van der Waals surface area contributed by atoms with Gasteiger partial charge >= 0.3 is 0 Å². The van der Waals surface area contributed by atoms with Crippen LogP contribution in [-0.2, 0) is 0 Å². The maximum Gasteiger partial charge on any atom is 0.213 e. The molecule has 1 saturated carbocycles. The molecule has 2 nitrogen and oxygen atoms in total. The van der Waals surface area contributed by atoms with E-state index in [1.165, 1.54) is 6.07 Å². The highest BCUT2D eigenvalue weighted by Crippen LogP contribution is 2.38. The molecule has 0 aromatic carbocycles. The van der Waals surface area contributed by atoms with Gasteiger partial charge in [-0.05, 0) is 30.9 Å². The van der Waals surface area contributed by atoms with Crippen LogP contribution < -0.4 is 5.73 Å². The average Bonchev–Trinajstić information content (AvgIpc) is 2.85. The minimum absolute atomic E-state index is 0. The topological polar surface area (TPSA) is 38.9 Å². The number of hydrogen-bond donors (Lipinski definition) is 1. The molecule has 1 aliphatic rings. The Bertz CT molecular complexity index is 292. The fourth-order valence-corrected chi connectivity index (χ4v) is 1.31. The van der Waals surface area contributed by atoms with Gasteiger partial charge in [-0.15, -0.1) is 24.8 Å². The SMILES string of the molecule is Cl.Cl.NC(c1cccc(F)n1)C1CC1. The predicted octanol–water partition coefficient (Wildman–Crippen LogP) is 2.47. The first-order valence-corrected chi connectivity index (χ1v) is 4.15. The summed E-state index contributed by atoms with van der Waals surface area (Å²) in [5.74, 6) is 0.0860. The molecular weight excluding hydrogens is 226 g/mol. The van der Waals surface area contributed by atoms with Gasteiger partial charge in [0.1, 0.15) is 0 Å². The van der Waals surface area contributed by atoms with Crippen molar-refractivity contribution in [3.8, 4) is 0 Å². The number of aromatic nitrogens is 1. The van der Waals surface area contributed by atoms with Crippen molar-refractivity contribution >= 4 is 24.8 Å². The Hall–Kier alpha value is -0.380. The number of nitrogens with zero attached hydrogens (tertiary/aromatic N) is 1. The summed E-state index contributed by atoms with van der Waals surface area (Å²) in [6.07, 6.45) is 2.30. The predicted molar refractivity (Wildman–Crippen MR) is 58.3 cm³/mol. The number of halogens is 3. The second kappa shape index (κ2) is 5.49. The highest BCUT2D eigenvalue weighted by atomic mass is 35.5. The molecule has 1 aliphatic carbocycles. The van der Waals surface area contributed by atoms with Crippen LogP contribution in [0.15, 0.2) is 18.2 Å². The first-order valence-electron chi connectivity index (χ1n) is 4.15. The third-order valence-corrected chi connectivity index (χ3v) is 2.21. The summed E-state index contributed by atoms with van der Waals surface area (Å²) in [5.41, 5.74) is 6.52. The molecule has 1 atom stereocenters. The third kappa shape index (κ3) is 3.08. The molecule has 0 saturated heterocycles. The average molecular weight is 239 g/mol. The van der Waals surface area contributed by atoms with Gasteiger partial charge in [0.2, 0.25) is 5.95 Å². The molecular formula is C9H13Cl2FN2. The van der Waals surface area contributed by atoms with E-state index < -0.39 is 5.95 Å². The third-order valence-electron chi connectivity index (χ3n) is 2.21. The standard InChI is InChI=1S/C9H11FN2.2ClH/c10-8-3-1-2-7(12-8)9(11)6-4-5-6;;/h1-3,6,9H,4-5,11H2;2*1H. The first kappa shape index (κ1) is 13.6. The lowest BCUT2D eigenvalue weighted by Gasteiger charge is -2.08. The van der Waals surface area contributed by atoms with Crippen LogP contribution in [0.1, 0.15) is 24.6 Å². The van der Waals surface area contributed by atoms with Crippen molar-refractivity contribution in [1.29, 1.82) is 0 Å². The van der Waals surface area contributed by atoms with Gasteiger partial charge in [0.25, 0.3) is 0 Å². The molecule has 1 aromatic rings. The fraction of sp³-hybridized carbons (Fsp3) is 0.444. The Morgan fingerprint density at radius 1 is 1.36 bits per heavy atom. The van der Waals surface area contributed by atoms with Gasteiger partial charge in [-0.1, -0.05) is 6.07 Å². The van der Waals surface area contributed by atoms with Gasteiger partial charge in [-0.25, -0.2) is 4.98 Å². The second-order valence-electron chi connectivity index (χ2n) is 3.25. The molecule has 0 amide bonds. The lowest BCUT2D eigenvalue weighted by Crippen LogP contribution is -2.14. The van der Waals surface area contributed by atoms with Crippen LogP contribution in [0.2, 0.25) is 0 Å². The zero-order valence-electron chi connectivity index (χ0n) is 7.52. The van der Waals surface area contributed by atoms with Crippen molar-refractivity contribution < 1.29 is 4.39 Å². The van der Waals surface area contributed by atoms with E-state index in [1.54, 1.807) is 12.1 Å². The highest BCUT2D eigenvalue weighted by Gasteiger charge is 2.30. The molecule has 0 spiro atoms. The zero-order valence-corrected chi connectivity index (χ0v) is 9.15. The maximum absolute atomic E-state index is 12.6. The van der Waals surface area contributed by atoms with E-state index in [0.29, 0.717) is 11.6 Å². The Kier molecular flexibility index (Phi) is 5.34. The van der Waals surface area contributed by atoms with Crippen molar-refractivity contribution in [3.63, 3.8) is 0 Å².